The van der Waals surface area contributed by atoms with Crippen molar-refractivity contribution >= 4 is 11.8 Å². The molecule has 2 amide bonds. The summed E-state index contributed by atoms with van der Waals surface area (Å²) in [5, 5.41) is 6.08. The van der Waals surface area contributed by atoms with E-state index < -0.39 is 0 Å². The molecule has 4 atom stereocenters. The lowest BCUT2D eigenvalue weighted by molar-refractivity contribution is -0.123. The van der Waals surface area contributed by atoms with Crippen molar-refractivity contribution in [1.82, 2.24) is 10.6 Å². The predicted octanol–water partition coefficient (Wildman–Crippen LogP) is 0.747. The maximum absolute atomic E-state index is 12.2. The number of unbranched alkanes of at least 4 members (excludes halogenated alkanes) is 2. The Morgan fingerprint density at radius 2 is 1.96 bits per heavy atom. The van der Waals surface area contributed by atoms with Gasteiger partial charge >= 0.3 is 0 Å². The Bertz CT molecular complexity index is 376. The van der Waals surface area contributed by atoms with Crippen molar-refractivity contribution < 1.29 is 9.59 Å². The molecule has 1 rings (SSSR count). The van der Waals surface area contributed by atoms with Crippen LogP contribution in [0.5, 0.6) is 0 Å². The van der Waals surface area contributed by atoms with Crippen molar-refractivity contribution in [3.05, 3.63) is 0 Å². The van der Waals surface area contributed by atoms with Crippen LogP contribution in [0.2, 0.25) is 0 Å². The lowest BCUT2D eigenvalue weighted by Crippen LogP contribution is -2.43. The minimum Gasteiger partial charge on any atom is -0.369 e. The number of nitrogens with two attached hydrogens (primary N) is 2. The number of hydrogen-bond donors (Lipinski definition) is 4. The van der Waals surface area contributed by atoms with Crippen LogP contribution in [0.15, 0.2) is 0 Å². The molecule has 1 fully saturated rings. The largest absolute Gasteiger partial charge is 0.369 e. The highest BCUT2D eigenvalue weighted by atomic mass is 16.2. The number of nitrogens with one attached hydrogen (secondary N) is 2. The van der Waals surface area contributed by atoms with Gasteiger partial charge in [-0.05, 0) is 51.1 Å². The summed E-state index contributed by atoms with van der Waals surface area (Å²) < 4.78 is 0. The van der Waals surface area contributed by atoms with Crippen LogP contribution in [-0.4, -0.2) is 38.0 Å². The summed E-state index contributed by atoms with van der Waals surface area (Å²) in [6, 6.07) is -0.161. The fourth-order valence-electron chi connectivity index (χ4n) is 3.24. The van der Waals surface area contributed by atoms with Gasteiger partial charge < -0.3 is 22.1 Å². The van der Waals surface area contributed by atoms with E-state index in [0.717, 1.165) is 44.9 Å². The average molecular weight is 326 g/mol. The van der Waals surface area contributed by atoms with Crippen molar-refractivity contribution in [2.24, 2.45) is 29.2 Å². The van der Waals surface area contributed by atoms with E-state index >= 15 is 0 Å². The Hall–Kier alpha value is -1.14. The highest BCUT2D eigenvalue weighted by molar-refractivity contribution is 5.81. The van der Waals surface area contributed by atoms with E-state index in [9.17, 15) is 9.59 Å². The number of amides is 2. The minimum atomic E-state index is -0.188. The second-order valence-corrected chi connectivity index (χ2v) is 6.68. The molecule has 2 unspecified atom stereocenters. The standard InChI is InChI=1S/C17H34N4O2/c1-3-4-7-13(16(19)22)14-10-12(14)11-21-17(23)15(20-2)8-5-6-9-18/h12-15,20H,3-11,18H2,1-2H3,(H2,19,22)(H,21,23)/t12?,13-,14?,15+/m1/s1. The Morgan fingerprint density at radius 1 is 1.22 bits per heavy atom. The van der Waals surface area contributed by atoms with Crippen molar-refractivity contribution in [1.29, 1.82) is 0 Å². The third-order valence-corrected chi connectivity index (χ3v) is 4.88. The van der Waals surface area contributed by atoms with Gasteiger partial charge in [-0.2, -0.15) is 0 Å². The third-order valence-electron chi connectivity index (χ3n) is 4.88. The lowest BCUT2D eigenvalue weighted by atomic mass is 9.95. The van der Waals surface area contributed by atoms with E-state index in [1.165, 1.54) is 0 Å². The molecule has 1 aliphatic carbocycles. The molecule has 0 aromatic carbocycles. The van der Waals surface area contributed by atoms with Crippen molar-refractivity contribution in [3.63, 3.8) is 0 Å². The van der Waals surface area contributed by atoms with Gasteiger partial charge in [-0.1, -0.05) is 26.2 Å². The molecule has 6 N–H and O–H groups in total. The Balaban J connectivity index is 2.32. The number of rotatable bonds is 13. The van der Waals surface area contributed by atoms with Crippen LogP contribution in [0, 0.1) is 17.8 Å². The molecule has 134 valence electrons. The van der Waals surface area contributed by atoms with Gasteiger partial charge in [-0.3, -0.25) is 9.59 Å². The van der Waals surface area contributed by atoms with Gasteiger partial charge in [-0.25, -0.2) is 0 Å². The highest BCUT2D eigenvalue weighted by Crippen LogP contribution is 2.45. The Morgan fingerprint density at radius 3 is 2.52 bits per heavy atom. The minimum absolute atomic E-state index is 0.0264. The molecular weight excluding hydrogens is 292 g/mol. The first-order chi connectivity index (χ1) is 11.0. The molecule has 6 heteroatoms. The lowest BCUT2D eigenvalue weighted by Gasteiger charge is -2.16. The van der Waals surface area contributed by atoms with Gasteiger partial charge in [0.1, 0.15) is 0 Å². The molecule has 0 radical (unpaired) electrons. The first-order valence-corrected chi connectivity index (χ1v) is 8.99. The Labute approximate surface area is 140 Å². The second-order valence-electron chi connectivity index (χ2n) is 6.68. The van der Waals surface area contributed by atoms with Crippen LogP contribution >= 0.6 is 0 Å². The van der Waals surface area contributed by atoms with Gasteiger partial charge in [0, 0.05) is 12.5 Å². The van der Waals surface area contributed by atoms with E-state index in [1.807, 2.05) is 0 Å². The van der Waals surface area contributed by atoms with E-state index in [1.54, 1.807) is 7.05 Å². The molecule has 0 heterocycles. The van der Waals surface area contributed by atoms with Gasteiger partial charge in [0.25, 0.3) is 0 Å². The molecular formula is C17H34N4O2. The number of carbonyl (C=O) groups excluding carboxylic acids is 2. The predicted molar refractivity (Wildman–Crippen MR) is 92.6 cm³/mol. The van der Waals surface area contributed by atoms with E-state index in [0.29, 0.717) is 24.9 Å². The normalized spacial score (nSPS) is 22.4. The summed E-state index contributed by atoms with van der Waals surface area (Å²) in [7, 11) is 1.81. The second kappa shape index (κ2) is 10.6. The average Bonchev–Trinajstić information content (AvgIpc) is 3.29. The van der Waals surface area contributed by atoms with Crippen LogP contribution in [0.1, 0.15) is 51.9 Å². The molecule has 0 spiro atoms. The molecule has 1 saturated carbocycles. The number of hydrogen-bond acceptors (Lipinski definition) is 4. The van der Waals surface area contributed by atoms with Crippen LogP contribution in [0.25, 0.3) is 0 Å². The molecule has 23 heavy (non-hydrogen) atoms. The third kappa shape index (κ3) is 6.87. The monoisotopic (exact) mass is 326 g/mol. The number of primary amides is 1. The summed E-state index contributed by atoms with van der Waals surface area (Å²) in [4.78, 5) is 23.8. The maximum Gasteiger partial charge on any atom is 0.237 e. The molecule has 1 aliphatic rings. The highest BCUT2D eigenvalue weighted by Gasteiger charge is 2.44. The zero-order valence-corrected chi connectivity index (χ0v) is 14.6. The fourth-order valence-corrected chi connectivity index (χ4v) is 3.24. The van der Waals surface area contributed by atoms with E-state index in [4.69, 9.17) is 11.5 Å². The number of likely N-dealkylation sites (N-methyl/N-ethyl adjacent to an activating group) is 1. The van der Waals surface area contributed by atoms with Gasteiger partial charge in [0.2, 0.25) is 11.8 Å². The zero-order chi connectivity index (χ0) is 17.2. The summed E-state index contributed by atoms with van der Waals surface area (Å²) in [5.41, 5.74) is 11.0. The van der Waals surface area contributed by atoms with Crippen LogP contribution in [-0.2, 0) is 9.59 Å². The number of carbonyl (C=O) groups is 2. The maximum atomic E-state index is 12.2. The first-order valence-electron chi connectivity index (χ1n) is 8.99. The van der Waals surface area contributed by atoms with Gasteiger partial charge in [0.05, 0.1) is 6.04 Å². The molecule has 0 aliphatic heterocycles. The van der Waals surface area contributed by atoms with Crippen LogP contribution < -0.4 is 22.1 Å². The molecule has 0 aromatic heterocycles. The molecule has 0 bridgehead atoms. The summed E-state index contributed by atoms with van der Waals surface area (Å²) in [5.74, 6) is 0.576. The first kappa shape index (κ1) is 19.9. The quantitative estimate of drug-likeness (QED) is 0.374. The molecule has 0 aromatic rings. The van der Waals surface area contributed by atoms with Crippen LogP contribution in [0.4, 0.5) is 0 Å². The van der Waals surface area contributed by atoms with E-state index in [-0.39, 0.29) is 23.8 Å². The zero-order valence-electron chi connectivity index (χ0n) is 14.6. The SMILES string of the molecule is CCCC[C@@H](C(N)=O)C1CC1CNC(=O)[C@H](CCCCN)NC. The smallest absolute Gasteiger partial charge is 0.237 e. The summed E-state index contributed by atoms with van der Waals surface area (Å²) in [6.45, 7) is 3.42. The van der Waals surface area contributed by atoms with Crippen LogP contribution in [0.3, 0.4) is 0 Å². The summed E-state index contributed by atoms with van der Waals surface area (Å²) in [6.07, 6.45) is 6.66. The van der Waals surface area contributed by atoms with Crippen molar-refractivity contribution in [3.8, 4) is 0 Å². The molecule has 6 nitrogen and oxygen atoms in total. The summed E-state index contributed by atoms with van der Waals surface area (Å²) >= 11 is 0. The topological polar surface area (TPSA) is 110 Å². The van der Waals surface area contributed by atoms with E-state index in [2.05, 4.69) is 17.6 Å². The fraction of sp³-hybridized carbons (Fsp3) is 0.882. The molecule has 0 saturated heterocycles. The van der Waals surface area contributed by atoms with Gasteiger partial charge in [-0.15, -0.1) is 0 Å². The van der Waals surface area contributed by atoms with Gasteiger partial charge in [0.15, 0.2) is 0 Å². The van der Waals surface area contributed by atoms with Crippen molar-refractivity contribution in [2.75, 3.05) is 20.1 Å². The Kier molecular flexibility index (Phi) is 9.17. The van der Waals surface area contributed by atoms with Crippen molar-refractivity contribution in [2.45, 2.75) is 57.9 Å².